The van der Waals surface area contributed by atoms with Crippen molar-refractivity contribution in [3.05, 3.63) is 77.7 Å². The molecule has 1 unspecified atom stereocenters. The Morgan fingerprint density at radius 3 is 2.43 bits per heavy atom. The number of imide groups is 3. The Kier molecular flexibility index (Phi) is 5.81. The molecule has 7 heteroatoms. The average Bonchev–Trinajstić information content (AvgIpc) is 3.26. The van der Waals surface area contributed by atoms with E-state index in [4.69, 9.17) is 4.42 Å². The molecule has 0 bridgehead atoms. The van der Waals surface area contributed by atoms with Gasteiger partial charge in [-0.3, -0.25) is 14.4 Å². The lowest BCUT2D eigenvalue weighted by Gasteiger charge is -2.11. The summed E-state index contributed by atoms with van der Waals surface area (Å²) in [6, 6.07) is 19.0. The molecule has 1 fully saturated rings. The zero-order valence-corrected chi connectivity index (χ0v) is 17.2. The Morgan fingerprint density at radius 2 is 1.73 bits per heavy atom. The van der Waals surface area contributed by atoms with E-state index in [0.29, 0.717) is 30.2 Å². The molecule has 30 heavy (non-hydrogen) atoms. The van der Waals surface area contributed by atoms with Gasteiger partial charge in [-0.2, -0.15) is 0 Å². The van der Waals surface area contributed by atoms with Gasteiger partial charge in [0, 0.05) is 18.4 Å². The molecule has 0 N–H and O–H groups in total. The number of aromatic nitrogens is 1. The largest absolute Gasteiger partial charge is 0.441 e. The van der Waals surface area contributed by atoms with E-state index in [1.54, 1.807) is 6.92 Å². The number of hydrogen-bond acceptors (Lipinski definition) is 6. The molecule has 1 aliphatic rings. The molecule has 0 saturated carbocycles. The third-order valence-corrected chi connectivity index (χ3v) is 5.96. The molecule has 0 radical (unpaired) electrons. The minimum absolute atomic E-state index is 0.0116. The van der Waals surface area contributed by atoms with Crippen LogP contribution in [0.25, 0.3) is 11.5 Å². The van der Waals surface area contributed by atoms with E-state index in [2.05, 4.69) is 4.98 Å². The van der Waals surface area contributed by atoms with Crippen LogP contribution < -0.4 is 0 Å². The van der Waals surface area contributed by atoms with Crippen LogP contribution in [0.5, 0.6) is 0 Å². The molecule has 0 aliphatic carbocycles. The fourth-order valence-electron chi connectivity index (χ4n) is 3.34. The molecule has 2 heterocycles. The highest BCUT2D eigenvalue weighted by molar-refractivity contribution is 8.15. The van der Waals surface area contributed by atoms with Crippen molar-refractivity contribution in [3.63, 3.8) is 0 Å². The van der Waals surface area contributed by atoms with E-state index in [0.717, 1.165) is 27.8 Å². The number of aryl methyl sites for hydroxylation is 2. The maximum atomic E-state index is 12.7. The van der Waals surface area contributed by atoms with Gasteiger partial charge in [-0.1, -0.05) is 60.3 Å². The summed E-state index contributed by atoms with van der Waals surface area (Å²) in [5.41, 5.74) is 2.45. The maximum Gasteiger partial charge on any atom is 0.295 e. The molecule has 6 nitrogen and oxygen atoms in total. The van der Waals surface area contributed by atoms with Crippen molar-refractivity contribution in [1.82, 2.24) is 9.88 Å². The molecule has 1 saturated heterocycles. The second-order valence-electron chi connectivity index (χ2n) is 7.02. The van der Waals surface area contributed by atoms with Gasteiger partial charge in [0.2, 0.25) is 11.8 Å². The second kappa shape index (κ2) is 8.67. The fourth-order valence-corrected chi connectivity index (χ4v) is 4.36. The van der Waals surface area contributed by atoms with E-state index in [1.807, 2.05) is 60.7 Å². The summed E-state index contributed by atoms with van der Waals surface area (Å²) >= 11 is 0.914. The van der Waals surface area contributed by atoms with Gasteiger partial charge >= 0.3 is 0 Å². The molecular formula is C23H20N2O4S. The lowest BCUT2D eigenvalue weighted by Crippen LogP contribution is -2.37. The molecule has 3 amide bonds. The Bertz CT molecular complexity index is 1080. The molecule has 1 aliphatic heterocycles. The predicted octanol–water partition coefficient (Wildman–Crippen LogP) is 4.42. The number of nitrogens with zero attached hydrogens (tertiary/aromatic N) is 2. The lowest BCUT2D eigenvalue weighted by molar-refractivity contribution is -0.139. The van der Waals surface area contributed by atoms with Crippen molar-refractivity contribution in [1.29, 1.82) is 0 Å². The summed E-state index contributed by atoms with van der Waals surface area (Å²) in [4.78, 5) is 42.9. The van der Waals surface area contributed by atoms with Crippen LogP contribution in [0.4, 0.5) is 4.79 Å². The minimum Gasteiger partial charge on any atom is -0.441 e. The van der Waals surface area contributed by atoms with E-state index in [-0.39, 0.29) is 6.42 Å². The highest BCUT2D eigenvalue weighted by atomic mass is 32.2. The molecule has 0 spiro atoms. The van der Waals surface area contributed by atoms with Gasteiger partial charge in [-0.15, -0.1) is 0 Å². The Morgan fingerprint density at radius 1 is 1.07 bits per heavy atom. The van der Waals surface area contributed by atoms with Gasteiger partial charge in [0.15, 0.2) is 0 Å². The lowest BCUT2D eigenvalue weighted by atomic mass is 10.1. The molecule has 4 rings (SSSR count). The van der Waals surface area contributed by atoms with Crippen molar-refractivity contribution in [2.24, 2.45) is 0 Å². The first kappa shape index (κ1) is 20.1. The number of benzene rings is 2. The third-order valence-electron chi connectivity index (χ3n) is 4.92. The summed E-state index contributed by atoms with van der Waals surface area (Å²) in [5.74, 6) is 0.164. The van der Waals surface area contributed by atoms with Crippen LogP contribution in [0.3, 0.4) is 0 Å². The number of carbonyl (C=O) groups excluding carboxylic acids is 3. The Hall–Kier alpha value is -3.19. The highest BCUT2D eigenvalue weighted by Crippen LogP contribution is 2.30. The van der Waals surface area contributed by atoms with Gasteiger partial charge < -0.3 is 4.42 Å². The summed E-state index contributed by atoms with van der Waals surface area (Å²) in [6.45, 7) is 1.79. The van der Waals surface area contributed by atoms with Crippen LogP contribution in [-0.2, 0) is 22.4 Å². The summed E-state index contributed by atoms with van der Waals surface area (Å²) in [6.07, 6.45) is 0.729. The number of hydrogen-bond donors (Lipinski definition) is 0. The van der Waals surface area contributed by atoms with Crippen molar-refractivity contribution in [2.45, 2.75) is 31.4 Å². The first-order valence-electron chi connectivity index (χ1n) is 9.66. The van der Waals surface area contributed by atoms with Crippen LogP contribution >= 0.6 is 11.8 Å². The molecule has 3 aromatic rings. The van der Waals surface area contributed by atoms with E-state index < -0.39 is 22.3 Å². The summed E-state index contributed by atoms with van der Waals surface area (Å²) < 4.78 is 5.71. The highest BCUT2D eigenvalue weighted by Gasteiger charge is 2.43. The smallest absolute Gasteiger partial charge is 0.295 e. The number of amides is 3. The topological polar surface area (TPSA) is 80.5 Å². The zero-order valence-electron chi connectivity index (χ0n) is 16.4. The van der Waals surface area contributed by atoms with Crippen molar-refractivity contribution < 1.29 is 18.8 Å². The van der Waals surface area contributed by atoms with Crippen molar-refractivity contribution in [3.8, 4) is 11.5 Å². The van der Waals surface area contributed by atoms with E-state index >= 15 is 0 Å². The summed E-state index contributed by atoms with van der Waals surface area (Å²) in [7, 11) is 0. The zero-order chi connectivity index (χ0) is 21.1. The first-order chi connectivity index (χ1) is 14.5. The first-order valence-corrected chi connectivity index (χ1v) is 10.5. The fraction of sp³-hybridized carbons (Fsp3) is 0.217. The van der Waals surface area contributed by atoms with E-state index in [1.165, 1.54) is 0 Å². The average molecular weight is 420 g/mol. The molecule has 152 valence electrons. The van der Waals surface area contributed by atoms with Crippen molar-refractivity contribution >= 4 is 28.8 Å². The van der Waals surface area contributed by atoms with Gasteiger partial charge in [-0.25, -0.2) is 9.88 Å². The maximum absolute atomic E-state index is 12.7. The standard InChI is InChI=1S/C23H20N2O4S/c1-15-18(24-21(29-15)17-10-6-3-7-11-17)12-13-20(26)25-22(27)19(30-23(25)28)14-16-8-4-2-5-9-16/h2-11,19H,12-14H2,1H3. The number of rotatable bonds is 6. The predicted molar refractivity (Wildman–Crippen MR) is 114 cm³/mol. The SMILES string of the molecule is Cc1oc(-c2ccccc2)nc1CCC(=O)N1C(=O)SC(Cc2ccccc2)C1=O. The quantitative estimate of drug-likeness (QED) is 0.587. The van der Waals surface area contributed by atoms with Crippen LogP contribution in [0.15, 0.2) is 65.1 Å². The Labute approximate surface area is 178 Å². The monoisotopic (exact) mass is 420 g/mol. The third kappa shape index (κ3) is 4.21. The Balaban J connectivity index is 1.40. The van der Waals surface area contributed by atoms with Crippen LogP contribution in [0.2, 0.25) is 0 Å². The van der Waals surface area contributed by atoms with Gasteiger partial charge in [-0.05, 0) is 31.0 Å². The molecule has 1 atom stereocenters. The molecule has 1 aromatic heterocycles. The summed E-state index contributed by atoms with van der Waals surface area (Å²) in [5, 5.41) is -1.07. The van der Waals surface area contributed by atoms with Crippen LogP contribution in [0, 0.1) is 6.92 Å². The number of carbonyl (C=O) groups is 3. The van der Waals surface area contributed by atoms with E-state index in [9.17, 15) is 14.4 Å². The number of thioether (sulfide) groups is 1. The van der Waals surface area contributed by atoms with Crippen LogP contribution in [-0.4, -0.2) is 32.2 Å². The normalized spacial score (nSPS) is 16.3. The number of oxazole rings is 1. The molecule has 2 aromatic carbocycles. The second-order valence-corrected chi connectivity index (χ2v) is 8.17. The van der Waals surface area contributed by atoms with Crippen LogP contribution in [0.1, 0.15) is 23.4 Å². The van der Waals surface area contributed by atoms with Gasteiger partial charge in [0.1, 0.15) is 5.76 Å². The van der Waals surface area contributed by atoms with Gasteiger partial charge in [0.05, 0.1) is 10.9 Å². The van der Waals surface area contributed by atoms with Gasteiger partial charge in [0.25, 0.3) is 11.1 Å². The van der Waals surface area contributed by atoms with Crippen molar-refractivity contribution in [2.75, 3.05) is 0 Å². The minimum atomic E-state index is -0.567. The molecular weight excluding hydrogens is 400 g/mol.